The Hall–Kier alpha value is -1.22. The van der Waals surface area contributed by atoms with Gasteiger partial charge in [0.15, 0.2) is 11.5 Å². The van der Waals surface area contributed by atoms with Crippen molar-refractivity contribution in [2.75, 3.05) is 13.8 Å². The lowest BCUT2D eigenvalue weighted by Gasteiger charge is -2.09. The lowest BCUT2D eigenvalue weighted by molar-refractivity contribution is 0.174. The average molecular weight is 202 g/mol. The molecule has 0 amide bonds. The number of ether oxygens (including phenoxy) is 2. The van der Waals surface area contributed by atoms with E-state index < -0.39 is 26.3 Å². The molecule has 0 saturated heterocycles. The minimum Gasteiger partial charge on any atom is -0.454 e. The summed E-state index contributed by atoms with van der Waals surface area (Å²) < 4.78 is 77.9. The van der Waals surface area contributed by atoms with E-state index in [9.17, 15) is 0 Å². The second-order valence-corrected chi connectivity index (χ2v) is 2.82. The highest BCUT2D eigenvalue weighted by Crippen LogP contribution is 2.32. The molecule has 0 aliphatic carbocycles. The molecule has 1 aliphatic heterocycles. The van der Waals surface area contributed by atoms with E-state index in [2.05, 4.69) is 0 Å². The SMILES string of the molecule is [2H]c1c([2H])c2c(c([2H])c1CC(NC([2H])([2H])[2H])C([2H])([2H])[2H])OCO2. The molecule has 14 heavy (non-hydrogen) atoms. The smallest absolute Gasteiger partial charge is 0.231 e. The molecule has 0 saturated carbocycles. The molecule has 0 bridgehead atoms. The Labute approximate surface area is 96.7 Å². The van der Waals surface area contributed by atoms with Crippen LogP contribution in [0.3, 0.4) is 0 Å². The van der Waals surface area contributed by atoms with Gasteiger partial charge in [0, 0.05) is 14.3 Å². The van der Waals surface area contributed by atoms with Crippen LogP contribution in [-0.4, -0.2) is 19.8 Å². The Balaban J connectivity index is 2.43. The third-order valence-corrected chi connectivity index (χ3v) is 1.79. The first-order valence-corrected chi connectivity index (χ1v) is 4.07. The van der Waals surface area contributed by atoms with Crippen molar-refractivity contribution in [1.29, 1.82) is 0 Å². The minimum atomic E-state index is -2.69. The summed E-state index contributed by atoms with van der Waals surface area (Å²) in [5.41, 5.74) is -0.0721. The van der Waals surface area contributed by atoms with Crippen LogP contribution in [0.25, 0.3) is 0 Å². The summed E-state index contributed by atoms with van der Waals surface area (Å²) in [6.45, 7) is -5.54. The van der Waals surface area contributed by atoms with E-state index >= 15 is 0 Å². The fourth-order valence-electron chi connectivity index (χ4n) is 1.12. The van der Waals surface area contributed by atoms with Gasteiger partial charge in [0.2, 0.25) is 6.79 Å². The molecule has 1 N–H and O–H groups in total. The highest BCUT2D eigenvalue weighted by atomic mass is 16.7. The molecule has 3 nitrogen and oxygen atoms in total. The Morgan fingerprint density at radius 3 is 3.36 bits per heavy atom. The van der Waals surface area contributed by atoms with E-state index in [0.29, 0.717) is 0 Å². The van der Waals surface area contributed by atoms with E-state index in [-0.39, 0.29) is 42.0 Å². The van der Waals surface area contributed by atoms with Crippen LogP contribution in [0.4, 0.5) is 0 Å². The van der Waals surface area contributed by atoms with Crippen molar-refractivity contribution in [3.05, 3.63) is 23.7 Å². The van der Waals surface area contributed by atoms with E-state index in [0.717, 1.165) is 0 Å². The lowest BCUT2D eigenvalue weighted by Crippen LogP contribution is -2.23. The van der Waals surface area contributed by atoms with Gasteiger partial charge in [-0.3, -0.25) is 0 Å². The topological polar surface area (TPSA) is 30.5 Å². The number of benzene rings is 1. The summed E-state index contributed by atoms with van der Waals surface area (Å²) in [6.07, 6.45) is -0.422. The zero-order valence-electron chi connectivity index (χ0n) is 16.3. The predicted octanol–water partition coefficient (Wildman–Crippen LogP) is 1.57. The first kappa shape index (κ1) is 3.42. The molecule has 1 aromatic carbocycles. The fraction of sp³-hybridized carbons (Fsp3) is 0.455. The monoisotopic (exact) mass is 202 g/mol. The highest BCUT2D eigenvalue weighted by molar-refractivity contribution is 5.44. The minimum absolute atomic E-state index is 0.0285. The van der Waals surface area contributed by atoms with Gasteiger partial charge in [-0.2, -0.15) is 0 Å². The maximum absolute atomic E-state index is 8.03. The maximum atomic E-state index is 8.03. The molecule has 0 fully saturated rings. The van der Waals surface area contributed by atoms with Gasteiger partial charge >= 0.3 is 0 Å². The van der Waals surface area contributed by atoms with Crippen LogP contribution >= 0.6 is 0 Å². The Bertz CT molecular complexity index is 611. The summed E-state index contributed by atoms with van der Waals surface area (Å²) in [4.78, 5) is 0. The summed E-state index contributed by atoms with van der Waals surface area (Å²) >= 11 is 0. The fourth-order valence-corrected chi connectivity index (χ4v) is 1.12. The molecule has 0 aromatic heterocycles. The normalized spacial score (nSPS) is 26.7. The van der Waals surface area contributed by atoms with E-state index in [1.165, 1.54) is 0 Å². The lowest BCUT2D eigenvalue weighted by atomic mass is 10.1. The van der Waals surface area contributed by atoms with Gasteiger partial charge in [-0.1, -0.05) is 6.04 Å². The van der Waals surface area contributed by atoms with Gasteiger partial charge in [0.25, 0.3) is 0 Å². The molecule has 0 radical (unpaired) electrons. The number of hydrogen-bond donors (Lipinski definition) is 1. The standard InChI is InChI=1S/C11H15NO2/c1-8(12-2)5-9-3-4-10-11(6-9)14-7-13-10/h3-4,6,8,12H,5,7H2,1-2H3/i1D3,2D3,3D,4D,6D. The van der Waals surface area contributed by atoms with Crippen molar-refractivity contribution in [3.63, 3.8) is 0 Å². The third-order valence-electron chi connectivity index (χ3n) is 1.79. The molecule has 1 unspecified atom stereocenters. The van der Waals surface area contributed by atoms with Crippen molar-refractivity contribution in [2.24, 2.45) is 0 Å². The predicted molar refractivity (Wildman–Crippen MR) is 54.8 cm³/mol. The molecule has 1 aliphatic rings. The zero-order chi connectivity index (χ0) is 17.6. The number of rotatable bonds is 3. The average Bonchev–Trinajstić information content (AvgIpc) is 2.86. The van der Waals surface area contributed by atoms with Crippen LogP contribution in [0, 0.1) is 0 Å². The Morgan fingerprint density at radius 1 is 1.57 bits per heavy atom. The molecular formula is C11H15NO2. The van der Waals surface area contributed by atoms with Crippen molar-refractivity contribution >= 4 is 0 Å². The van der Waals surface area contributed by atoms with Gasteiger partial charge in [0.1, 0.15) is 0 Å². The van der Waals surface area contributed by atoms with Crippen molar-refractivity contribution in [2.45, 2.75) is 19.3 Å². The molecule has 76 valence electrons. The second kappa shape index (κ2) is 3.88. The summed E-state index contributed by atoms with van der Waals surface area (Å²) in [7, 11) is 0. The second-order valence-electron chi connectivity index (χ2n) is 2.82. The molecule has 0 spiro atoms. The van der Waals surface area contributed by atoms with Gasteiger partial charge in [-0.15, -0.1) is 0 Å². The summed E-state index contributed by atoms with van der Waals surface area (Å²) in [6, 6.07) is -2.45. The van der Waals surface area contributed by atoms with E-state index in [1.807, 2.05) is 5.32 Å². The third kappa shape index (κ3) is 1.82. The van der Waals surface area contributed by atoms with Gasteiger partial charge in [-0.25, -0.2) is 0 Å². The molecular weight excluding hydrogens is 178 g/mol. The zero-order valence-corrected chi connectivity index (χ0v) is 7.31. The molecule has 1 heterocycles. The number of hydrogen-bond acceptors (Lipinski definition) is 3. The Kier molecular flexibility index (Phi) is 0.947. The van der Waals surface area contributed by atoms with Crippen molar-refractivity contribution in [3.8, 4) is 11.5 Å². The van der Waals surface area contributed by atoms with Gasteiger partial charge in [-0.05, 0) is 37.9 Å². The number of likely N-dealkylation sites (N-methyl/N-ethyl adjacent to an activating group) is 1. The Morgan fingerprint density at radius 2 is 2.50 bits per heavy atom. The quantitative estimate of drug-likeness (QED) is 0.807. The summed E-state index contributed by atoms with van der Waals surface area (Å²) in [5.74, 6) is -0.0582. The first-order chi connectivity index (χ1) is 10.4. The number of nitrogens with one attached hydrogen (secondary N) is 1. The van der Waals surface area contributed by atoms with Crippen LogP contribution in [-0.2, 0) is 6.42 Å². The van der Waals surface area contributed by atoms with Crippen LogP contribution in [0.1, 0.15) is 24.8 Å². The van der Waals surface area contributed by atoms with Crippen molar-refractivity contribution in [1.82, 2.24) is 5.32 Å². The molecule has 1 atom stereocenters. The largest absolute Gasteiger partial charge is 0.454 e. The number of fused-ring (bicyclic) bond motifs is 1. The van der Waals surface area contributed by atoms with E-state index in [1.54, 1.807) is 0 Å². The maximum Gasteiger partial charge on any atom is 0.231 e. The molecule has 3 heteroatoms. The molecule has 2 rings (SSSR count). The van der Waals surface area contributed by atoms with Crippen LogP contribution in [0.2, 0.25) is 0 Å². The van der Waals surface area contributed by atoms with Crippen LogP contribution in [0.5, 0.6) is 11.5 Å². The van der Waals surface area contributed by atoms with Crippen molar-refractivity contribution < 1.29 is 21.8 Å². The van der Waals surface area contributed by atoms with Crippen LogP contribution < -0.4 is 14.8 Å². The van der Waals surface area contributed by atoms with Gasteiger partial charge < -0.3 is 14.8 Å². The van der Waals surface area contributed by atoms with E-state index in [4.69, 9.17) is 21.8 Å². The molecule has 1 aromatic rings. The summed E-state index contributed by atoms with van der Waals surface area (Å²) in [5, 5.41) is 2.02. The van der Waals surface area contributed by atoms with Crippen LogP contribution in [0.15, 0.2) is 18.1 Å². The van der Waals surface area contributed by atoms with Gasteiger partial charge in [0.05, 0.1) is 4.11 Å². The highest BCUT2D eigenvalue weighted by Gasteiger charge is 2.13. The first-order valence-electron chi connectivity index (χ1n) is 8.57.